The van der Waals surface area contributed by atoms with Crippen LogP contribution in [0.4, 0.5) is 0 Å². The molecule has 1 aliphatic carbocycles. The first-order valence-electron chi connectivity index (χ1n) is 6.93. The number of hydrogen-bond donors (Lipinski definition) is 0. The van der Waals surface area contributed by atoms with Gasteiger partial charge in [-0.05, 0) is 53.4 Å². The van der Waals surface area contributed by atoms with Crippen LogP contribution in [0.3, 0.4) is 0 Å². The largest absolute Gasteiger partial charge is 0.489 e. The van der Waals surface area contributed by atoms with Gasteiger partial charge < -0.3 is 9.47 Å². The molecule has 3 rings (SSSR count). The third kappa shape index (κ3) is 3.38. The van der Waals surface area contributed by atoms with Crippen LogP contribution >= 0.6 is 26.6 Å². The first-order chi connectivity index (χ1) is 9.88. The Morgan fingerprint density at radius 3 is 2.71 bits per heavy atom. The Labute approximate surface area is 137 Å². The van der Waals surface area contributed by atoms with Crippen molar-refractivity contribution >= 4 is 35.7 Å². The monoisotopic (exact) mass is 394 g/mol. The lowest BCUT2D eigenvalue weighted by molar-refractivity contribution is -0.153. The maximum absolute atomic E-state index is 11.3. The Morgan fingerprint density at radius 1 is 1.38 bits per heavy atom. The molecule has 0 N–H and O–H groups in total. The number of halogens is 2. The third-order valence-electron chi connectivity index (χ3n) is 4.19. The lowest BCUT2D eigenvalue weighted by Crippen LogP contribution is -2.48. The summed E-state index contributed by atoms with van der Waals surface area (Å²) in [5.74, 6) is 0.639. The van der Waals surface area contributed by atoms with E-state index in [0.29, 0.717) is 10.2 Å². The molecule has 2 aliphatic rings. The zero-order valence-electron chi connectivity index (χ0n) is 11.3. The summed E-state index contributed by atoms with van der Waals surface area (Å²) in [4.78, 5) is 0.0610. The van der Waals surface area contributed by atoms with Crippen LogP contribution in [0.25, 0.3) is 0 Å². The Hall–Kier alpha value is -0.300. The molecule has 1 aromatic rings. The van der Waals surface area contributed by atoms with Gasteiger partial charge in [-0.3, -0.25) is 0 Å². The van der Waals surface area contributed by atoms with E-state index in [1.165, 1.54) is 18.6 Å². The maximum atomic E-state index is 11.3. The SMILES string of the molecule is O=S(=O)(Cl)c1ccc(OC2CCOC3(CCC3)C2)c(Br)c1. The molecule has 1 atom stereocenters. The normalized spacial score (nSPS) is 24.6. The van der Waals surface area contributed by atoms with E-state index in [2.05, 4.69) is 15.9 Å². The zero-order chi connectivity index (χ0) is 15.1. The van der Waals surface area contributed by atoms with Crippen LogP contribution in [0, 0.1) is 0 Å². The molecule has 7 heteroatoms. The van der Waals surface area contributed by atoms with Crippen molar-refractivity contribution in [1.82, 2.24) is 0 Å². The Balaban J connectivity index is 1.73. The van der Waals surface area contributed by atoms with Crippen molar-refractivity contribution < 1.29 is 17.9 Å². The third-order valence-corrected chi connectivity index (χ3v) is 6.16. The van der Waals surface area contributed by atoms with Crippen LogP contribution in [0.15, 0.2) is 27.6 Å². The van der Waals surface area contributed by atoms with E-state index >= 15 is 0 Å². The van der Waals surface area contributed by atoms with Crippen molar-refractivity contribution in [3.8, 4) is 5.75 Å². The van der Waals surface area contributed by atoms with Crippen molar-refractivity contribution in [2.24, 2.45) is 0 Å². The van der Waals surface area contributed by atoms with Crippen LogP contribution in [0.1, 0.15) is 32.1 Å². The molecule has 0 radical (unpaired) electrons. The van der Waals surface area contributed by atoms with E-state index in [1.807, 2.05) is 0 Å². The predicted octanol–water partition coefficient (Wildman–Crippen LogP) is 3.86. The Morgan fingerprint density at radius 2 is 2.14 bits per heavy atom. The van der Waals surface area contributed by atoms with Crippen LogP contribution in [-0.2, 0) is 13.8 Å². The summed E-state index contributed by atoms with van der Waals surface area (Å²) >= 11 is 3.35. The maximum Gasteiger partial charge on any atom is 0.261 e. The summed E-state index contributed by atoms with van der Waals surface area (Å²) in [6, 6.07) is 4.57. The summed E-state index contributed by atoms with van der Waals surface area (Å²) in [6.07, 6.45) is 5.29. The molecule has 1 saturated heterocycles. The summed E-state index contributed by atoms with van der Waals surface area (Å²) in [6.45, 7) is 0.719. The summed E-state index contributed by atoms with van der Waals surface area (Å²) in [7, 11) is 1.61. The topological polar surface area (TPSA) is 52.6 Å². The van der Waals surface area contributed by atoms with Crippen molar-refractivity contribution in [3.63, 3.8) is 0 Å². The van der Waals surface area contributed by atoms with E-state index in [9.17, 15) is 8.42 Å². The lowest BCUT2D eigenvalue weighted by Gasteiger charge is -2.46. The molecular formula is C14H16BrClO4S. The highest BCUT2D eigenvalue weighted by molar-refractivity contribution is 9.10. The molecule has 0 aromatic heterocycles. The average molecular weight is 396 g/mol. The molecule has 0 amide bonds. The first kappa shape index (κ1) is 15.6. The van der Waals surface area contributed by atoms with E-state index in [1.54, 1.807) is 6.07 Å². The summed E-state index contributed by atoms with van der Waals surface area (Å²) in [5.41, 5.74) is 0.0226. The van der Waals surface area contributed by atoms with Gasteiger partial charge in [-0.2, -0.15) is 0 Å². The quantitative estimate of drug-likeness (QED) is 0.729. The fourth-order valence-corrected chi connectivity index (χ4v) is 4.31. The van der Waals surface area contributed by atoms with E-state index in [0.717, 1.165) is 32.3 Å². The van der Waals surface area contributed by atoms with E-state index in [-0.39, 0.29) is 16.6 Å². The molecule has 0 bridgehead atoms. The molecule has 4 nitrogen and oxygen atoms in total. The van der Waals surface area contributed by atoms with Crippen molar-refractivity contribution in [3.05, 3.63) is 22.7 Å². The molecule has 1 unspecified atom stereocenters. The Kier molecular flexibility index (Phi) is 4.25. The van der Waals surface area contributed by atoms with Crippen molar-refractivity contribution in [2.45, 2.75) is 48.7 Å². The van der Waals surface area contributed by atoms with Crippen molar-refractivity contribution in [1.29, 1.82) is 0 Å². The van der Waals surface area contributed by atoms with Crippen LogP contribution in [-0.4, -0.2) is 26.7 Å². The summed E-state index contributed by atoms with van der Waals surface area (Å²) < 4.78 is 35.1. The predicted molar refractivity (Wildman–Crippen MR) is 83.4 cm³/mol. The van der Waals surface area contributed by atoms with Gasteiger partial charge in [0.1, 0.15) is 11.9 Å². The van der Waals surface area contributed by atoms with Crippen molar-refractivity contribution in [2.75, 3.05) is 6.61 Å². The second kappa shape index (κ2) is 5.72. The molecule has 21 heavy (non-hydrogen) atoms. The minimum atomic E-state index is -3.72. The smallest absolute Gasteiger partial charge is 0.261 e. The van der Waals surface area contributed by atoms with Crippen LogP contribution in [0.2, 0.25) is 0 Å². The molecule has 1 aliphatic heterocycles. The van der Waals surface area contributed by atoms with Gasteiger partial charge in [-0.25, -0.2) is 8.42 Å². The van der Waals surface area contributed by atoms with Gasteiger partial charge in [-0.15, -0.1) is 0 Å². The highest BCUT2D eigenvalue weighted by Gasteiger charge is 2.43. The first-order valence-corrected chi connectivity index (χ1v) is 10.0. The van der Waals surface area contributed by atoms with Gasteiger partial charge in [0.25, 0.3) is 9.05 Å². The second-order valence-corrected chi connectivity index (χ2v) is 9.07. The van der Waals surface area contributed by atoms with Crippen LogP contribution in [0.5, 0.6) is 5.75 Å². The average Bonchev–Trinajstić information content (AvgIpc) is 2.38. The zero-order valence-corrected chi connectivity index (χ0v) is 14.5. The van der Waals surface area contributed by atoms with E-state index < -0.39 is 9.05 Å². The molecular weight excluding hydrogens is 380 g/mol. The molecule has 1 spiro atoms. The van der Waals surface area contributed by atoms with Gasteiger partial charge in [0.05, 0.1) is 21.6 Å². The highest BCUT2D eigenvalue weighted by atomic mass is 79.9. The van der Waals surface area contributed by atoms with Gasteiger partial charge in [-0.1, -0.05) is 0 Å². The van der Waals surface area contributed by atoms with E-state index in [4.69, 9.17) is 20.2 Å². The number of rotatable bonds is 3. The minimum absolute atomic E-state index is 0.0226. The molecule has 116 valence electrons. The van der Waals surface area contributed by atoms with Gasteiger partial charge in [0, 0.05) is 23.5 Å². The number of ether oxygens (including phenoxy) is 2. The molecule has 1 saturated carbocycles. The fraction of sp³-hybridized carbons (Fsp3) is 0.571. The van der Waals surface area contributed by atoms with Gasteiger partial charge in [0.2, 0.25) is 0 Å². The fourth-order valence-electron chi connectivity index (χ4n) is 2.91. The standard InChI is InChI=1S/C14H16BrClO4S/c15-12-8-11(21(16,17)18)2-3-13(12)20-10-4-7-19-14(9-10)5-1-6-14/h2-3,8,10H,1,4-7,9H2. The lowest BCUT2D eigenvalue weighted by atomic mass is 9.74. The molecule has 1 aromatic carbocycles. The second-order valence-electron chi connectivity index (χ2n) is 5.65. The molecule has 2 fully saturated rings. The number of benzene rings is 1. The Bertz CT molecular complexity index is 642. The van der Waals surface area contributed by atoms with Gasteiger partial charge >= 0.3 is 0 Å². The number of hydrogen-bond acceptors (Lipinski definition) is 4. The minimum Gasteiger partial charge on any atom is -0.489 e. The summed E-state index contributed by atoms with van der Waals surface area (Å²) in [5, 5.41) is 0. The molecule has 1 heterocycles. The van der Waals surface area contributed by atoms with Gasteiger partial charge in [0.15, 0.2) is 0 Å². The highest BCUT2D eigenvalue weighted by Crippen LogP contribution is 2.43. The van der Waals surface area contributed by atoms with Crippen LogP contribution < -0.4 is 4.74 Å².